The highest BCUT2D eigenvalue weighted by molar-refractivity contribution is 14.1. The van der Waals surface area contributed by atoms with Gasteiger partial charge in [-0.2, -0.15) is 0 Å². The minimum Gasteiger partial charge on any atom is -0.368 e. The van der Waals surface area contributed by atoms with Crippen LogP contribution in [0.25, 0.3) is 10.2 Å². The number of likely N-dealkylation sites (tertiary alicyclic amines) is 1. The SMILES string of the molecule is CNC1=N[C@H]2CN(C(=O)c3c(Nc4ccc(I)cc4F)sc4ncccc34)C[C@H]2S1. The van der Waals surface area contributed by atoms with Gasteiger partial charge in [-0.3, -0.25) is 9.79 Å². The predicted molar refractivity (Wildman–Crippen MR) is 130 cm³/mol. The molecule has 154 valence electrons. The molecule has 6 nitrogen and oxygen atoms in total. The van der Waals surface area contributed by atoms with E-state index in [1.54, 1.807) is 24.0 Å². The summed E-state index contributed by atoms with van der Waals surface area (Å²) >= 11 is 5.12. The van der Waals surface area contributed by atoms with Crippen LogP contribution in [0.4, 0.5) is 15.1 Å². The lowest BCUT2D eigenvalue weighted by molar-refractivity contribution is 0.0794. The lowest BCUT2D eigenvalue weighted by Crippen LogP contribution is -2.30. The maximum atomic E-state index is 14.5. The second-order valence-corrected chi connectivity index (χ2v) is 10.5. The van der Waals surface area contributed by atoms with Gasteiger partial charge in [0.25, 0.3) is 5.91 Å². The van der Waals surface area contributed by atoms with Gasteiger partial charge in [0.2, 0.25) is 0 Å². The lowest BCUT2D eigenvalue weighted by Gasteiger charge is -2.18. The van der Waals surface area contributed by atoms with Crippen molar-refractivity contribution in [3.05, 3.63) is 51.5 Å². The number of aromatic nitrogens is 1. The molecule has 0 spiro atoms. The van der Waals surface area contributed by atoms with Crippen LogP contribution in [-0.4, -0.2) is 52.4 Å². The van der Waals surface area contributed by atoms with Gasteiger partial charge in [0.05, 0.1) is 22.5 Å². The topological polar surface area (TPSA) is 69.6 Å². The van der Waals surface area contributed by atoms with E-state index in [-0.39, 0.29) is 23.0 Å². The maximum Gasteiger partial charge on any atom is 0.257 e. The monoisotopic (exact) mass is 553 g/mol. The van der Waals surface area contributed by atoms with Crippen LogP contribution in [0.1, 0.15) is 10.4 Å². The number of nitrogens with one attached hydrogen (secondary N) is 2. The smallest absolute Gasteiger partial charge is 0.257 e. The van der Waals surface area contributed by atoms with E-state index in [0.29, 0.717) is 29.3 Å². The molecule has 1 aromatic carbocycles. The third-order valence-electron chi connectivity index (χ3n) is 5.14. The van der Waals surface area contributed by atoms with Crippen LogP contribution in [-0.2, 0) is 0 Å². The number of rotatable bonds is 3. The molecule has 0 bridgehead atoms. The Hall–Kier alpha value is -1.92. The number of carbonyl (C=O) groups is 1. The minimum absolute atomic E-state index is 0.0705. The molecule has 0 unspecified atom stereocenters. The molecule has 30 heavy (non-hydrogen) atoms. The van der Waals surface area contributed by atoms with Crippen molar-refractivity contribution in [1.29, 1.82) is 0 Å². The fourth-order valence-electron chi connectivity index (χ4n) is 3.71. The van der Waals surface area contributed by atoms with Crippen LogP contribution in [0, 0.1) is 9.39 Å². The number of anilines is 2. The molecular formula is C20H17FIN5OS2. The summed E-state index contributed by atoms with van der Waals surface area (Å²) in [6.07, 6.45) is 1.70. The first kappa shape index (κ1) is 20.0. The summed E-state index contributed by atoms with van der Waals surface area (Å²) in [6, 6.07) is 8.80. The molecule has 3 aromatic rings. The minimum atomic E-state index is -0.355. The Balaban J connectivity index is 1.50. The average molecular weight is 553 g/mol. The number of benzene rings is 1. The fourth-order valence-corrected chi connectivity index (χ4v) is 6.37. The number of fused-ring (bicyclic) bond motifs is 2. The number of carbonyl (C=O) groups excluding carboxylic acids is 1. The van der Waals surface area contributed by atoms with Crippen molar-refractivity contribution < 1.29 is 9.18 Å². The molecule has 1 fully saturated rings. The van der Waals surface area contributed by atoms with Crippen LogP contribution in [0.5, 0.6) is 0 Å². The van der Waals surface area contributed by atoms with Gasteiger partial charge >= 0.3 is 0 Å². The van der Waals surface area contributed by atoms with Crippen LogP contribution < -0.4 is 10.6 Å². The maximum absolute atomic E-state index is 14.5. The molecule has 1 amide bonds. The highest BCUT2D eigenvalue weighted by Gasteiger charge is 2.41. The van der Waals surface area contributed by atoms with Crippen molar-refractivity contribution in [2.24, 2.45) is 4.99 Å². The number of nitrogens with zero attached hydrogens (tertiary/aromatic N) is 3. The van der Waals surface area contributed by atoms with Crippen molar-refractivity contribution >= 4 is 77.7 Å². The molecule has 2 N–H and O–H groups in total. The Kier molecular flexibility index (Phi) is 5.31. The van der Waals surface area contributed by atoms with E-state index in [1.807, 2.05) is 30.1 Å². The molecule has 2 aliphatic heterocycles. The molecular weight excluding hydrogens is 536 g/mol. The highest BCUT2D eigenvalue weighted by Crippen LogP contribution is 2.39. The van der Waals surface area contributed by atoms with Crippen molar-refractivity contribution in [2.75, 3.05) is 25.5 Å². The first-order valence-electron chi connectivity index (χ1n) is 9.34. The zero-order chi connectivity index (χ0) is 20.8. The van der Waals surface area contributed by atoms with Gasteiger partial charge in [-0.1, -0.05) is 23.1 Å². The molecule has 1 saturated heterocycles. The highest BCUT2D eigenvalue weighted by atomic mass is 127. The van der Waals surface area contributed by atoms with Crippen LogP contribution in [0.2, 0.25) is 0 Å². The fraction of sp³-hybridized carbons (Fsp3) is 0.250. The van der Waals surface area contributed by atoms with E-state index in [1.165, 1.54) is 17.4 Å². The summed E-state index contributed by atoms with van der Waals surface area (Å²) in [5.41, 5.74) is 0.886. The molecule has 2 aliphatic rings. The molecule has 10 heteroatoms. The summed E-state index contributed by atoms with van der Waals surface area (Å²) in [7, 11) is 1.86. The van der Waals surface area contributed by atoms with Gasteiger partial charge < -0.3 is 15.5 Å². The largest absolute Gasteiger partial charge is 0.368 e. The van der Waals surface area contributed by atoms with Gasteiger partial charge in [0.1, 0.15) is 15.6 Å². The zero-order valence-corrected chi connectivity index (χ0v) is 19.6. The van der Waals surface area contributed by atoms with Crippen LogP contribution in [0.15, 0.2) is 41.5 Å². The zero-order valence-electron chi connectivity index (χ0n) is 15.9. The molecule has 5 rings (SSSR count). The number of amides is 1. The first-order valence-corrected chi connectivity index (χ1v) is 12.1. The van der Waals surface area contributed by atoms with E-state index >= 15 is 0 Å². The summed E-state index contributed by atoms with van der Waals surface area (Å²) in [4.78, 5) is 25.2. The Bertz CT molecular complexity index is 1180. The molecule has 0 saturated carbocycles. The Labute approximate surface area is 194 Å². The van der Waals surface area contributed by atoms with Gasteiger partial charge in [0, 0.05) is 35.3 Å². The van der Waals surface area contributed by atoms with Crippen LogP contribution in [0.3, 0.4) is 0 Å². The number of hydrogen-bond donors (Lipinski definition) is 2. The van der Waals surface area contributed by atoms with Gasteiger partial charge in [0.15, 0.2) is 5.17 Å². The second kappa shape index (κ2) is 7.97. The molecule has 4 heterocycles. The third-order valence-corrected chi connectivity index (χ3v) is 8.14. The standard InChI is InChI=1S/C20H17FIN5OS2/c1-23-20-26-14-8-27(9-15(14)29-20)19(28)16-11-3-2-6-24-17(11)30-18(16)25-13-5-4-10(22)7-12(13)21/h2-7,14-15,25H,8-9H2,1H3,(H,23,26)/t14-,15+/m0/s1. The van der Waals surface area contributed by atoms with Crippen LogP contribution >= 0.6 is 45.7 Å². The molecule has 0 radical (unpaired) electrons. The average Bonchev–Trinajstić information content (AvgIpc) is 3.40. The van der Waals surface area contributed by atoms with Crippen molar-refractivity contribution in [2.45, 2.75) is 11.3 Å². The van der Waals surface area contributed by atoms with Crippen molar-refractivity contribution in [3.63, 3.8) is 0 Å². The summed E-state index contributed by atoms with van der Waals surface area (Å²) in [5, 5.41) is 8.82. The Morgan fingerprint density at radius 1 is 1.33 bits per heavy atom. The summed E-state index contributed by atoms with van der Waals surface area (Å²) in [6.45, 7) is 1.22. The number of hydrogen-bond acceptors (Lipinski definition) is 7. The van der Waals surface area contributed by atoms with Crippen molar-refractivity contribution in [1.82, 2.24) is 15.2 Å². The number of amidine groups is 1. The van der Waals surface area contributed by atoms with E-state index in [2.05, 4.69) is 43.2 Å². The normalized spacial score (nSPS) is 20.4. The van der Waals surface area contributed by atoms with Gasteiger partial charge in [-0.05, 0) is 52.9 Å². The van der Waals surface area contributed by atoms with E-state index in [0.717, 1.165) is 19.0 Å². The molecule has 2 atom stereocenters. The van der Waals surface area contributed by atoms with Gasteiger partial charge in [-0.15, -0.1) is 0 Å². The Morgan fingerprint density at radius 3 is 2.97 bits per heavy atom. The lowest BCUT2D eigenvalue weighted by atomic mass is 10.1. The second-order valence-electron chi connectivity index (χ2n) is 7.03. The van der Waals surface area contributed by atoms with E-state index in [9.17, 15) is 9.18 Å². The number of thioether (sulfide) groups is 1. The number of halogens is 2. The number of pyridine rings is 1. The Morgan fingerprint density at radius 2 is 2.20 bits per heavy atom. The first-order chi connectivity index (χ1) is 14.5. The molecule has 2 aromatic heterocycles. The van der Waals surface area contributed by atoms with Gasteiger partial charge in [-0.25, -0.2) is 9.37 Å². The third kappa shape index (κ3) is 3.54. The predicted octanol–water partition coefficient (Wildman–Crippen LogP) is 4.30. The quantitative estimate of drug-likeness (QED) is 0.474. The van der Waals surface area contributed by atoms with E-state index < -0.39 is 0 Å². The number of thiophene rings is 1. The van der Waals surface area contributed by atoms with Crippen molar-refractivity contribution in [3.8, 4) is 0 Å². The summed E-state index contributed by atoms with van der Waals surface area (Å²) in [5.74, 6) is -0.425. The van der Waals surface area contributed by atoms with E-state index in [4.69, 9.17) is 0 Å². The number of aliphatic imine (C=N–C) groups is 1. The molecule has 0 aliphatic carbocycles. The summed E-state index contributed by atoms with van der Waals surface area (Å²) < 4.78 is 15.3.